The maximum Gasteiger partial charge on any atom is 0.260 e. The first-order valence-corrected chi connectivity index (χ1v) is 15.2. The number of ketones is 6. The predicted octanol–water partition coefficient (Wildman–Crippen LogP) is -2.58. The fourth-order valence-electron chi connectivity index (χ4n) is 5.58. The molecule has 0 aromatic carbocycles. The van der Waals surface area contributed by atoms with Crippen molar-refractivity contribution < 1.29 is 57.5 Å². The van der Waals surface area contributed by atoms with Gasteiger partial charge < -0.3 is 0 Å². The Labute approximate surface area is 290 Å². The molecule has 0 saturated heterocycles. The van der Waals surface area contributed by atoms with E-state index in [9.17, 15) is 57.5 Å². The third kappa shape index (κ3) is 6.57. The number of allylic oxidation sites excluding steroid dienone is 6. The highest BCUT2D eigenvalue weighted by Crippen LogP contribution is 2.25. The summed E-state index contributed by atoms with van der Waals surface area (Å²) in [7, 11) is 0. The smallest absolute Gasteiger partial charge is 0.260 e. The molecule has 0 atom stereocenters. The number of nitrogens with zero attached hydrogens (tertiary/aromatic N) is 7. The Hall–Kier alpha value is -7.15. The molecule has 0 unspecified atom stereocenters. The molecule has 1 aromatic rings. The maximum absolute atomic E-state index is 11.9. The van der Waals surface area contributed by atoms with Gasteiger partial charge in [-0.2, -0.15) is 15.0 Å². The lowest BCUT2D eigenvalue weighted by Crippen LogP contribution is -2.44. The molecule has 6 aliphatic rings. The van der Waals surface area contributed by atoms with Crippen LogP contribution >= 0.6 is 0 Å². The number of hydrogen-bond donors (Lipinski definition) is 0. The molecule has 3 aliphatic carbocycles. The molecule has 4 heterocycles. The molecular formula is C33H21N7O12. The van der Waals surface area contributed by atoms with Gasteiger partial charge in [-0.25, -0.2) is 14.7 Å². The van der Waals surface area contributed by atoms with Gasteiger partial charge in [-0.15, -0.1) is 0 Å². The molecule has 0 N–H and O–H groups in total. The summed E-state index contributed by atoms with van der Waals surface area (Å²) in [4.78, 5) is 157. The number of rotatable bonds is 9. The summed E-state index contributed by atoms with van der Waals surface area (Å²) in [6.45, 7) is -0.129. The van der Waals surface area contributed by atoms with Crippen molar-refractivity contribution in [1.29, 1.82) is 0 Å². The largest absolute Gasteiger partial charge is 0.300 e. The summed E-state index contributed by atoms with van der Waals surface area (Å²) in [6, 6.07) is 0. The van der Waals surface area contributed by atoms with Gasteiger partial charge in [0.1, 0.15) is 0 Å². The van der Waals surface area contributed by atoms with Crippen LogP contribution in [-0.2, 0) is 57.5 Å². The summed E-state index contributed by atoms with van der Waals surface area (Å²) >= 11 is 0. The number of aromatic nitrogens is 3. The van der Waals surface area contributed by atoms with Crippen LogP contribution in [0.5, 0.6) is 0 Å². The van der Waals surface area contributed by atoms with E-state index in [0.29, 0.717) is 14.7 Å². The van der Waals surface area contributed by atoms with E-state index in [4.69, 9.17) is 0 Å². The van der Waals surface area contributed by atoms with E-state index < -0.39 is 71.0 Å². The maximum atomic E-state index is 11.9. The van der Waals surface area contributed by atoms with Gasteiger partial charge in [0.15, 0.2) is 34.7 Å². The molecule has 0 bridgehead atoms. The second kappa shape index (κ2) is 13.6. The molecule has 52 heavy (non-hydrogen) atoms. The number of imide groups is 3. The van der Waals surface area contributed by atoms with Gasteiger partial charge >= 0.3 is 0 Å². The average Bonchev–Trinajstić information content (AvgIpc) is 3.94. The minimum absolute atomic E-state index is 0.0429. The summed E-state index contributed by atoms with van der Waals surface area (Å²) in [5.74, 6) is -11.3. The molecular weight excluding hydrogens is 686 g/mol. The van der Waals surface area contributed by atoms with Gasteiger partial charge in [-0.1, -0.05) is 0 Å². The highest BCUT2D eigenvalue weighted by molar-refractivity contribution is 6.30. The first kappa shape index (κ1) is 34.7. The Bertz CT molecular complexity index is 1800. The van der Waals surface area contributed by atoms with Gasteiger partial charge in [0.2, 0.25) is 17.8 Å². The van der Waals surface area contributed by atoms with E-state index in [1.54, 1.807) is 0 Å². The first-order valence-electron chi connectivity index (χ1n) is 15.2. The molecule has 7 rings (SSSR count). The fraction of sp³-hybridized carbons (Fsp3) is 0.182. The van der Waals surface area contributed by atoms with Crippen LogP contribution in [0.4, 0.5) is 17.8 Å². The van der Waals surface area contributed by atoms with Crippen molar-refractivity contribution in [3.05, 3.63) is 72.9 Å². The predicted molar refractivity (Wildman–Crippen MR) is 169 cm³/mol. The molecule has 3 aliphatic heterocycles. The quantitative estimate of drug-likeness (QED) is 0.189. The van der Waals surface area contributed by atoms with Crippen molar-refractivity contribution in [2.75, 3.05) is 34.3 Å². The van der Waals surface area contributed by atoms with Crippen LogP contribution in [0.1, 0.15) is 0 Å². The van der Waals surface area contributed by atoms with Crippen molar-refractivity contribution in [2.45, 2.75) is 0 Å². The molecule has 0 fully saturated rings. The molecule has 0 saturated carbocycles. The minimum atomic E-state index is -0.931. The topological polar surface area (TPSA) is 256 Å². The summed E-state index contributed by atoms with van der Waals surface area (Å²) in [5.41, 5.74) is 0. The van der Waals surface area contributed by atoms with E-state index >= 15 is 0 Å². The zero-order chi connectivity index (χ0) is 37.4. The highest BCUT2D eigenvalue weighted by atomic mass is 16.2. The number of amides is 6. The summed E-state index contributed by atoms with van der Waals surface area (Å²) in [5, 5.41) is 0. The molecule has 19 heteroatoms. The van der Waals surface area contributed by atoms with E-state index in [1.165, 1.54) is 41.4 Å². The lowest BCUT2D eigenvalue weighted by molar-refractivity contribution is -0.129. The SMILES string of the molecule is O=C1C=CC(=O)C1CN(CC1C(=O)C=CC1=O)CC1C(=O)C=CC1=O.O=C1C=CC(=O)N1c1nc(N2C(=O)C=CC2=O)nc(N2C(=O)C=CC2=O)n1. The van der Waals surface area contributed by atoms with Crippen LogP contribution in [0.2, 0.25) is 0 Å². The third-order valence-corrected chi connectivity index (χ3v) is 8.25. The van der Waals surface area contributed by atoms with Crippen LogP contribution in [0.25, 0.3) is 0 Å². The standard InChI is InChI=1S/C18H15NO6.C15H6N6O6/c20-13-1-2-14(21)10(13)7-19(8-11-15(22)3-4-16(11)23)9-12-17(24)5-6-18(12)25;22-7-1-2-8(23)19(7)13-16-14(20-9(24)3-4-10(20)25)18-15(17-13)21-11(26)5-6-12(21)27/h1-6,10-12H,7-9H2;1-6H. The fourth-order valence-corrected chi connectivity index (χ4v) is 5.58. The number of carbonyl (C=O) groups is 12. The highest BCUT2D eigenvalue weighted by Gasteiger charge is 2.39. The number of carbonyl (C=O) groups excluding carboxylic acids is 12. The summed E-state index contributed by atoms with van der Waals surface area (Å²) < 4.78 is 0. The van der Waals surface area contributed by atoms with Gasteiger partial charge in [0, 0.05) is 56.1 Å². The zero-order valence-electron chi connectivity index (χ0n) is 26.3. The third-order valence-electron chi connectivity index (χ3n) is 8.25. The molecule has 0 radical (unpaired) electrons. The Balaban J connectivity index is 0.000000179. The van der Waals surface area contributed by atoms with Crippen molar-refractivity contribution in [1.82, 2.24) is 19.9 Å². The number of anilines is 3. The van der Waals surface area contributed by atoms with E-state index in [-0.39, 0.29) is 54.3 Å². The normalized spacial score (nSPS) is 20.4. The van der Waals surface area contributed by atoms with Gasteiger partial charge in [0.25, 0.3) is 35.4 Å². The Morgan fingerprint density at radius 2 is 0.538 bits per heavy atom. The second-order valence-corrected chi connectivity index (χ2v) is 11.6. The van der Waals surface area contributed by atoms with Crippen molar-refractivity contribution in [3.8, 4) is 0 Å². The molecule has 19 nitrogen and oxygen atoms in total. The van der Waals surface area contributed by atoms with Gasteiger partial charge in [0.05, 0.1) is 17.8 Å². The second-order valence-electron chi connectivity index (χ2n) is 11.6. The van der Waals surface area contributed by atoms with Crippen molar-refractivity contribution in [2.24, 2.45) is 17.8 Å². The Morgan fingerprint density at radius 1 is 0.346 bits per heavy atom. The Kier molecular flexibility index (Phi) is 9.10. The van der Waals surface area contributed by atoms with E-state index in [0.717, 1.165) is 36.5 Å². The van der Waals surface area contributed by atoms with Gasteiger partial charge in [-0.3, -0.25) is 62.4 Å². The molecule has 0 spiro atoms. The summed E-state index contributed by atoms with van der Waals surface area (Å²) in [6.07, 6.45) is 12.9. The van der Waals surface area contributed by atoms with Crippen LogP contribution in [0.3, 0.4) is 0 Å². The monoisotopic (exact) mass is 707 g/mol. The lowest BCUT2D eigenvalue weighted by Gasteiger charge is -2.27. The average molecular weight is 708 g/mol. The van der Waals surface area contributed by atoms with Crippen molar-refractivity contribution >= 4 is 88.0 Å². The molecule has 1 aromatic heterocycles. The molecule has 260 valence electrons. The van der Waals surface area contributed by atoms with Crippen LogP contribution in [-0.4, -0.2) is 110 Å². The van der Waals surface area contributed by atoms with E-state index in [2.05, 4.69) is 15.0 Å². The minimum Gasteiger partial charge on any atom is -0.300 e. The zero-order valence-corrected chi connectivity index (χ0v) is 26.3. The lowest BCUT2D eigenvalue weighted by atomic mass is 9.98. The van der Waals surface area contributed by atoms with Crippen LogP contribution < -0.4 is 14.7 Å². The first-order chi connectivity index (χ1) is 24.7. The van der Waals surface area contributed by atoms with Crippen molar-refractivity contribution in [3.63, 3.8) is 0 Å². The van der Waals surface area contributed by atoms with Gasteiger partial charge in [-0.05, 0) is 36.5 Å². The van der Waals surface area contributed by atoms with E-state index in [1.807, 2.05) is 0 Å². The Morgan fingerprint density at radius 3 is 0.731 bits per heavy atom. The number of hydrogen-bond acceptors (Lipinski definition) is 16. The molecule has 6 amide bonds. The van der Waals surface area contributed by atoms with Crippen LogP contribution in [0, 0.1) is 17.8 Å². The van der Waals surface area contributed by atoms with Crippen LogP contribution in [0.15, 0.2) is 72.9 Å².